The number of hydrogen-bond donors (Lipinski definition) is 1. The van der Waals surface area contributed by atoms with Crippen molar-refractivity contribution in [2.75, 3.05) is 26.8 Å². The number of carboxylic acids is 1. The maximum atomic E-state index is 12.1. The van der Waals surface area contributed by atoms with E-state index in [1.165, 1.54) is 12.0 Å². The molecule has 0 spiro atoms. The van der Waals surface area contributed by atoms with Crippen LogP contribution in [0.25, 0.3) is 0 Å². The lowest BCUT2D eigenvalue weighted by Gasteiger charge is -2.20. The summed E-state index contributed by atoms with van der Waals surface area (Å²) >= 11 is 0. The number of carboxylic acid groups (broad SMARTS) is 1. The van der Waals surface area contributed by atoms with E-state index in [2.05, 4.69) is 5.16 Å². The minimum Gasteiger partial charge on any atom is -0.480 e. The molecular formula is C12H18N2O5. The molecule has 106 valence electrons. The van der Waals surface area contributed by atoms with Gasteiger partial charge in [-0.05, 0) is 13.8 Å². The molecule has 0 saturated heterocycles. The van der Waals surface area contributed by atoms with Crippen LogP contribution in [0.5, 0.6) is 0 Å². The van der Waals surface area contributed by atoms with Crippen molar-refractivity contribution in [3.8, 4) is 0 Å². The van der Waals surface area contributed by atoms with Crippen molar-refractivity contribution >= 4 is 11.9 Å². The first-order chi connectivity index (χ1) is 8.95. The van der Waals surface area contributed by atoms with E-state index in [-0.39, 0.29) is 25.4 Å². The van der Waals surface area contributed by atoms with Crippen molar-refractivity contribution in [1.29, 1.82) is 0 Å². The second kappa shape index (κ2) is 6.89. The van der Waals surface area contributed by atoms with Crippen molar-refractivity contribution in [3.05, 3.63) is 17.0 Å². The average Bonchev–Trinajstić information content (AvgIpc) is 2.65. The van der Waals surface area contributed by atoms with Crippen LogP contribution in [-0.2, 0) is 20.7 Å². The largest absolute Gasteiger partial charge is 0.480 e. The molecule has 1 aromatic rings. The molecule has 0 saturated carbocycles. The molecule has 0 fully saturated rings. The Morgan fingerprint density at radius 3 is 2.58 bits per heavy atom. The number of ether oxygens (including phenoxy) is 1. The molecular weight excluding hydrogens is 252 g/mol. The molecule has 0 aliphatic carbocycles. The van der Waals surface area contributed by atoms with E-state index in [0.717, 1.165) is 0 Å². The number of carbonyl (C=O) groups is 2. The van der Waals surface area contributed by atoms with Crippen LogP contribution in [0.2, 0.25) is 0 Å². The highest BCUT2D eigenvalue weighted by atomic mass is 16.5. The van der Waals surface area contributed by atoms with E-state index < -0.39 is 5.97 Å². The second-order valence-corrected chi connectivity index (χ2v) is 4.18. The molecule has 0 unspecified atom stereocenters. The number of carbonyl (C=O) groups excluding carboxylic acids is 1. The molecule has 0 aliphatic rings. The van der Waals surface area contributed by atoms with Gasteiger partial charge in [0.2, 0.25) is 5.91 Å². The maximum absolute atomic E-state index is 12.1. The Balaban J connectivity index is 2.73. The zero-order chi connectivity index (χ0) is 14.4. The second-order valence-electron chi connectivity index (χ2n) is 4.18. The van der Waals surface area contributed by atoms with Gasteiger partial charge in [0, 0.05) is 19.2 Å². The third-order valence-electron chi connectivity index (χ3n) is 2.75. The van der Waals surface area contributed by atoms with Crippen LogP contribution in [0.15, 0.2) is 4.52 Å². The molecule has 0 atom stereocenters. The number of nitrogens with zero attached hydrogens (tertiary/aromatic N) is 2. The number of amides is 1. The fraction of sp³-hybridized carbons (Fsp3) is 0.583. The average molecular weight is 270 g/mol. The van der Waals surface area contributed by atoms with Gasteiger partial charge in [0.05, 0.1) is 18.7 Å². The smallest absolute Gasteiger partial charge is 0.323 e. The topological polar surface area (TPSA) is 92.9 Å². The number of rotatable bonds is 7. The Kier molecular flexibility index (Phi) is 5.50. The summed E-state index contributed by atoms with van der Waals surface area (Å²) in [6.07, 6.45) is 0.0815. The van der Waals surface area contributed by atoms with Gasteiger partial charge in [-0.15, -0.1) is 0 Å². The zero-order valence-electron chi connectivity index (χ0n) is 11.3. The fourth-order valence-electron chi connectivity index (χ4n) is 1.67. The molecule has 0 aromatic carbocycles. The number of aromatic nitrogens is 1. The molecule has 1 heterocycles. The molecule has 0 bridgehead atoms. The SMILES string of the molecule is COCCN(CC(=O)O)C(=O)Cc1c(C)noc1C. The van der Waals surface area contributed by atoms with Crippen LogP contribution in [0.3, 0.4) is 0 Å². The van der Waals surface area contributed by atoms with Crippen molar-refractivity contribution in [2.24, 2.45) is 0 Å². The Bertz CT molecular complexity index is 435. The normalized spacial score (nSPS) is 10.5. The van der Waals surface area contributed by atoms with E-state index in [1.807, 2.05) is 0 Å². The highest BCUT2D eigenvalue weighted by Crippen LogP contribution is 2.14. The van der Waals surface area contributed by atoms with Gasteiger partial charge < -0.3 is 19.3 Å². The van der Waals surface area contributed by atoms with Crippen LogP contribution in [0.4, 0.5) is 0 Å². The third-order valence-corrected chi connectivity index (χ3v) is 2.75. The first-order valence-electron chi connectivity index (χ1n) is 5.86. The molecule has 19 heavy (non-hydrogen) atoms. The van der Waals surface area contributed by atoms with Crippen molar-refractivity contribution < 1.29 is 24.0 Å². The number of aliphatic carboxylic acids is 1. The van der Waals surface area contributed by atoms with Gasteiger partial charge in [0.25, 0.3) is 0 Å². The highest BCUT2D eigenvalue weighted by Gasteiger charge is 2.20. The summed E-state index contributed by atoms with van der Waals surface area (Å²) in [5, 5.41) is 12.6. The Labute approximate surface area is 111 Å². The summed E-state index contributed by atoms with van der Waals surface area (Å²) in [7, 11) is 1.50. The van der Waals surface area contributed by atoms with Gasteiger partial charge in [-0.25, -0.2) is 0 Å². The summed E-state index contributed by atoms with van der Waals surface area (Å²) in [6, 6.07) is 0. The fourth-order valence-corrected chi connectivity index (χ4v) is 1.67. The minimum atomic E-state index is -1.05. The number of methoxy groups -OCH3 is 1. The van der Waals surface area contributed by atoms with E-state index in [9.17, 15) is 9.59 Å². The third kappa shape index (κ3) is 4.36. The Hall–Kier alpha value is -1.89. The lowest BCUT2D eigenvalue weighted by molar-refractivity contribution is -0.144. The highest BCUT2D eigenvalue weighted by molar-refractivity contribution is 5.83. The van der Waals surface area contributed by atoms with E-state index in [1.54, 1.807) is 13.8 Å². The summed E-state index contributed by atoms with van der Waals surface area (Å²) in [5.41, 5.74) is 1.35. The lowest BCUT2D eigenvalue weighted by Crippen LogP contribution is -2.39. The van der Waals surface area contributed by atoms with Gasteiger partial charge >= 0.3 is 5.97 Å². The molecule has 7 heteroatoms. The molecule has 1 rings (SSSR count). The number of hydrogen-bond acceptors (Lipinski definition) is 5. The van der Waals surface area contributed by atoms with Crippen molar-refractivity contribution in [3.63, 3.8) is 0 Å². The van der Waals surface area contributed by atoms with Crippen molar-refractivity contribution in [1.82, 2.24) is 10.1 Å². The lowest BCUT2D eigenvalue weighted by atomic mass is 10.1. The monoisotopic (exact) mass is 270 g/mol. The van der Waals surface area contributed by atoms with Crippen LogP contribution >= 0.6 is 0 Å². The van der Waals surface area contributed by atoms with Crippen LogP contribution in [0, 0.1) is 13.8 Å². The van der Waals surface area contributed by atoms with E-state index in [0.29, 0.717) is 23.6 Å². The molecule has 0 radical (unpaired) electrons. The minimum absolute atomic E-state index is 0.0815. The van der Waals surface area contributed by atoms with Crippen LogP contribution in [-0.4, -0.2) is 53.8 Å². The quantitative estimate of drug-likeness (QED) is 0.770. The maximum Gasteiger partial charge on any atom is 0.323 e. The van der Waals surface area contributed by atoms with E-state index in [4.69, 9.17) is 14.4 Å². The molecule has 7 nitrogen and oxygen atoms in total. The predicted octanol–water partition coefficient (Wildman–Crippen LogP) is 0.394. The van der Waals surface area contributed by atoms with Gasteiger partial charge in [0.15, 0.2) is 0 Å². The molecule has 1 N–H and O–H groups in total. The van der Waals surface area contributed by atoms with Gasteiger partial charge in [-0.3, -0.25) is 9.59 Å². The first-order valence-corrected chi connectivity index (χ1v) is 5.86. The van der Waals surface area contributed by atoms with Gasteiger partial charge in [-0.2, -0.15) is 0 Å². The van der Waals surface area contributed by atoms with Crippen molar-refractivity contribution in [2.45, 2.75) is 20.3 Å². The Morgan fingerprint density at radius 2 is 2.11 bits per heavy atom. The summed E-state index contributed by atoms with van der Waals surface area (Å²) < 4.78 is 9.85. The Morgan fingerprint density at radius 1 is 1.42 bits per heavy atom. The van der Waals surface area contributed by atoms with Gasteiger partial charge in [-0.1, -0.05) is 5.16 Å². The summed E-state index contributed by atoms with van der Waals surface area (Å²) in [4.78, 5) is 24.1. The van der Waals surface area contributed by atoms with E-state index >= 15 is 0 Å². The molecule has 1 aromatic heterocycles. The van der Waals surface area contributed by atoms with Crippen LogP contribution < -0.4 is 0 Å². The summed E-state index contributed by atoms with van der Waals surface area (Å²) in [6.45, 7) is 3.66. The standard InChI is InChI=1S/C12H18N2O5/c1-8-10(9(2)19-13-8)6-11(15)14(4-5-18-3)7-12(16)17/h4-7H2,1-3H3,(H,16,17). The summed E-state index contributed by atoms with van der Waals surface area (Å²) in [5.74, 6) is -0.759. The number of aryl methyl sites for hydroxylation is 2. The predicted molar refractivity (Wildman–Crippen MR) is 65.8 cm³/mol. The van der Waals surface area contributed by atoms with Gasteiger partial charge in [0.1, 0.15) is 12.3 Å². The van der Waals surface area contributed by atoms with Crippen LogP contribution in [0.1, 0.15) is 17.0 Å². The molecule has 1 amide bonds. The zero-order valence-corrected chi connectivity index (χ0v) is 11.3. The molecule has 0 aliphatic heterocycles. The first kappa shape index (κ1) is 15.2.